The summed E-state index contributed by atoms with van der Waals surface area (Å²) in [6, 6.07) is 18.2. The molecule has 0 amide bonds. The molecule has 0 aromatic heterocycles. The molecule has 0 spiro atoms. The average molecular weight is 318 g/mol. The predicted octanol–water partition coefficient (Wildman–Crippen LogP) is 2.14. The van der Waals surface area contributed by atoms with Crippen LogP contribution in [0.3, 0.4) is 0 Å². The topological polar surface area (TPSA) is 49.4 Å². The maximum atomic E-state index is 12.5. The summed E-state index contributed by atoms with van der Waals surface area (Å²) in [7, 11) is 0.377. The Morgan fingerprint density at radius 2 is 1.50 bits per heavy atom. The van der Waals surface area contributed by atoms with E-state index in [1.165, 1.54) is 0 Å². The van der Waals surface area contributed by atoms with E-state index in [0.717, 1.165) is 5.56 Å². The summed E-state index contributed by atoms with van der Waals surface area (Å²) < 4.78 is 27.8. The van der Waals surface area contributed by atoms with Crippen LogP contribution in [0, 0.1) is 0 Å². The molecule has 2 aromatic carbocycles. The molecule has 0 saturated carbocycles. The summed E-state index contributed by atoms with van der Waals surface area (Å²) in [5, 5.41) is 0. The van der Waals surface area contributed by atoms with Gasteiger partial charge < -0.3 is 4.90 Å². The highest BCUT2D eigenvalue weighted by Crippen LogP contribution is 2.11. The Bertz CT molecular complexity index is 670. The molecule has 0 fully saturated rings. The number of benzene rings is 2. The number of likely N-dealkylation sites (N-methyl/N-ethyl adjacent to an activating group) is 1. The third-order valence-corrected chi connectivity index (χ3v) is 4.82. The fraction of sp³-hybridized carbons (Fsp3) is 0.294. The lowest BCUT2D eigenvalue weighted by Gasteiger charge is -2.22. The van der Waals surface area contributed by atoms with Gasteiger partial charge in [0.1, 0.15) is 0 Å². The molecule has 1 atom stereocenters. The fourth-order valence-electron chi connectivity index (χ4n) is 2.37. The zero-order chi connectivity index (χ0) is 16.0. The van der Waals surface area contributed by atoms with Gasteiger partial charge in [-0.05, 0) is 38.2 Å². The smallest absolute Gasteiger partial charge is 0.240 e. The molecule has 2 rings (SSSR count). The minimum absolute atomic E-state index is 0.178. The zero-order valence-electron chi connectivity index (χ0n) is 12.9. The van der Waals surface area contributed by atoms with Crippen LogP contribution in [-0.4, -0.2) is 40.0 Å². The van der Waals surface area contributed by atoms with Crippen molar-refractivity contribution in [3.63, 3.8) is 0 Å². The molecule has 1 N–H and O–H groups in total. The van der Waals surface area contributed by atoms with E-state index in [9.17, 15) is 8.42 Å². The Balaban J connectivity index is 2.16. The molecule has 1 unspecified atom stereocenters. The first-order valence-electron chi connectivity index (χ1n) is 7.23. The second-order valence-electron chi connectivity index (χ2n) is 5.58. The van der Waals surface area contributed by atoms with E-state index in [1.54, 1.807) is 30.3 Å². The summed E-state index contributed by atoms with van der Waals surface area (Å²) in [6.45, 7) is 0.640. The Kier molecular flexibility index (Phi) is 5.71. The van der Waals surface area contributed by atoms with Crippen molar-refractivity contribution in [3.8, 4) is 0 Å². The average Bonchev–Trinajstić information content (AvgIpc) is 2.48. The Labute approximate surface area is 132 Å². The van der Waals surface area contributed by atoms with Gasteiger partial charge in [-0.3, -0.25) is 0 Å². The van der Waals surface area contributed by atoms with Gasteiger partial charge in [0.25, 0.3) is 0 Å². The second-order valence-corrected chi connectivity index (χ2v) is 7.30. The van der Waals surface area contributed by atoms with Gasteiger partial charge in [0.05, 0.1) is 4.90 Å². The second kappa shape index (κ2) is 7.54. The van der Waals surface area contributed by atoms with Crippen molar-refractivity contribution in [1.82, 2.24) is 9.62 Å². The number of nitrogens with zero attached hydrogens (tertiary/aromatic N) is 1. The van der Waals surface area contributed by atoms with Crippen LogP contribution < -0.4 is 4.72 Å². The van der Waals surface area contributed by atoms with Gasteiger partial charge in [-0.25, -0.2) is 13.1 Å². The fourth-order valence-corrected chi connectivity index (χ4v) is 3.62. The van der Waals surface area contributed by atoms with Crippen molar-refractivity contribution in [3.05, 3.63) is 66.2 Å². The zero-order valence-corrected chi connectivity index (χ0v) is 13.8. The first-order valence-corrected chi connectivity index (χ1v) is 8.72. The van der Waals surface area contributed by atoms with Gasteiger partial charge in [0, 0.05) is 12.6 Å². The Hall–Kier alpha value is -1.69. The quantitative estimate of drug-likeness (QED) is 0.851. The summed E-state index contributed by atoms with van der Waals surface area (Å²) in [5.74, 6) is 0. The predicted molar refractivity (Wildman–Crippen MR) is 89.3 cm³/mol. The lowest BCUT2D eigenvalue weighted by Crippen LogP contribution is -2.43. The van der Waals surface area contributed by atoms with E-state index in [2.05, 4.69) is 4.72 Å². The van der Waals surface area contributed by atoms with Crippen LogP contribution in [0.4, 0.5) is 0 Å². The van der Waals surface area contributed by atoms with Crippen molar-refractivity contribution < 1.29 is 8.42 Å². The lowest BCUT2D eigenvalue weighted by atomic mass is 10.1. The van der Waals surface area contributed by atoms with Crippen molar-refractivity contribution >= 4 is 10.0 Å². The molecule has 0 aliphatic carbocycles. The molecule has 22 heavy (non-hydrogen) atoms. The minimum Gasteiger partial charge on any atom is -0.308 e. The summed E-state index contributed by atoms with van der Waals surface area (Å²) in [6.07, 6.45) is 0.658. The van der Waals surface area contributed by atoms with Gasteiger partial charge in [0.15, 0.2) is 0 Å². The molecule has 2 aromatic rings. The van der Waals surface area contributed by atoms with Gasteiger partial charge in [-0.15, -0.1) is 0 Å². The number of sulfonamides is 1. The van der Waals surface area contributed by atoms with E-state index < -0.39 is 10.0 Å². The van der Waals surface area contributed by atoms with Crippen LogP contribution >= 0.6 is 0 Å². The van der Waals surface area contributed by atoms with Crippen LogP contribution in [-0.2, 0) is 16.4 Å². The molecule has 0 radical (unpaired) electrons. The standard InChI is InChI=1S/C17H22N2O2S/c1-19(2)14-16(13-15-9-5-3-6-10-15)18-22(20,21)17-11-7-4-8-12-17/h3-12,16,18H,13-14H2,1-2H3. The number of hydrogen-bond donors (Lipinski definition) is 1. The van der Waals surface area contributed by atoms with Gasteiger partial charge in [-0.1, -0.05) is 48.5 Å². The van der Waals surface area contributed by atoms with E-state index in [4.69, 9.17) is 0 Å². The Morgan fingerprint density at radius 3 is 2.05 bits per heavy atom. The van der Waals surface area contributed by atoms with E-state index in [-0.39, 0.29) is 6.04 Å². The highest BCUT2D eigenvalue weighted by Gasteiger charge is 2.20. The molecule has 0 bridgehead atoms. The number of hydrogen-bond acceptors (Lipinski definition) is 3. The minimum atomic E-state index is -3.50. The first-order chi connectivity index (χ1) is 10.5. The third-order valence-electron chi connectivity index (χ3n) is 3.29. The van der Waals surface area contributed by atoms with Gasteiger partial charge in [0.2, 0.25) is 10.0 Å². The van der Waals surface area contributed by atoms with Crippen LogP contribution in [0.1, 0.15) is 5.56 Å². The van der Waals surface area contributed by atoms with E-state index in [0.29, 0.717) is 17.9 Å². The molecular formula is C17H22N2O2S. The lowest BCUT2D eigenvalue weighted by molar-refractivity contribution is 0.357. The summed E-state index contributed by atoms with van der Waals surface area (Å²) >= 11 is 0. The van der Waals surface area contributed by atoms with Crippen molar-refractivity contribution in [2.75, 3.05) is 20.6 Å². The number of rotatable bonds is 7. The van der Waals surface area contributed by atoms with Crippen LogP contribution in [0.2, 0.25) is 0 Å². The molecule has 0 aliphatic heterocycles. The highest BCUT2D eigenvalue weighted by atomic mass is 32.2. The monoisotopic (exact) mass is 318 g/mol. The maximum absolute atomic E-state index is 12.5. The Morgan fingerprint density at radius 1 is 0.955 bits per heavy atom. The summed E-state index contributed by atoms with van der Waals surface area (Å²) in [4.78, 5) is 2.29. The van der Waals surface area contributed by atoms with Crippen molar-refractivity contribution in [2.24, 2.45) is 0 Å². The number of nitrogens with one attached hydrogen (secondary N) is 1. The highest BCUT2D eigenvalue weighted by molar-refractivity contribution is 7.89. The molecule has 0 aliphatic rings. The molecule has 5 heteroatoms. The maximum Gasteiger partial charge on any atom is 0.240 e. The largest absolute Gasteiger partial charge is 0.308 e. The van der Waals surface area contributed by atoms with Crippen LogP contribution in [0.5, 0.6) is 0 Å². The van der Waals surface area contributed by atoms with Crippen molar-refractivity contribution in [2.45, 2.75) is 17.4 Å². The third kappa shape index (κ3) is 4.94. The normalized spacial score (nSPS) is 13.2. The van der Waals surface area contributed by atoms with Gasteiger partial charge in [-0.2, -0.15) is 0 Å². The van der Waals surface area contributed by atoms with Crippen LogP contribution in [0.15, 0.2) is 65.6 Å². The molecule has 118 valence electrons. The van der Waals surface area contributed by atoms with E-state index in [1.807, 2.05) is 49.3 Å². The van der Waals surface area contributed by atoms with Crippen molar-refractivity contribution in [1.29, 1.82) is 0 Å². The van der Waals surface area contributed by atoms with E-state index >= 15 is 0 Å². The van der Waals surface area contributed by atoms with Crippen LogP contribution in [0.25, 0.3) is 0 Å². The molecule has 4 nitrogen and oxygen atoms in total. The molecule has 0 saturated heterocycles. The molecule has 0 heterocycles. The molecular weight excluding hydrogens is 296 g/mol. The first kappa shape index (κ1) is 16.7. The summed E-state index contributed by atoms with van der Waals surface area (Å²) in [5.41, 5.74) is 1.12. The SMILES string of the molecule is CN(C)CC(Cc1ccccc1)NS(=O)(=O)c1ccccc1. The van der Waals surface area contributed by atoms with Gasteiger partial charge >= 0.3 is 0 Å².